The maximum absolute atomic E-state index is 12.7. The summed E-state index contributed by atoms with van der Waals surface area (Å²) in [4.78, 5) is 44.7. The molecule has 0 saturated carbocycles. The van der Waals surface area contributed by atoms with E-state index in [1.165, 1.54) is 6.26 Å². The van der Waals surface area contributed by atoms with Crippen molar-refractivity contribution in [3.8, 4) is 0 Å². The van der Waals surface area contributed by atoms with E-state index in [1.54, 1.807) is 23.2 Å². The van der Waals surface area contributed by atoms with Crippen LogP contribution in [0.15, 0.2) is 41.1 Å². The lowest BCUT2D eigenvalue weighted by molar-refractivity contribution is -0.122. The molecule has 0 spiro atoms. The minimum Gasteiger partial charge on any atom is -0.459 e. The number of hydrogen-bond acceptors (Lipinski definition) is 6. The van der Waals surface area contributed by atoms with Gasteiger partial charge < -0.3 is 25.3 Å². The first-order valence-electron chi connectivity index (χ1n) is 10.6. The molecule has 1 atom stereocenters. The normalized spacial score (nSPS) is 19.8. The van der Waals surface area contributed by atoms with Crippen LogP contribution in [0.25, 0.3) is 0 Å². The molecular formula is C22H27N5O4. The van der Waals surface area contributed by atoms with Crippen LogP contribution in [0.2, 0.25) is 0 Å². The van der Waals surface area contributed by atoms with Crippen molar-refractivity contribution in [2.24, 2.45) is 17.6 Å². The third kappa shape index (κ3) is 4.87. The van der Waals surface area contributed by atoms with E-state index >= 15 is 0 Å². The summed E-state index contributed by atoms with van der Waals surface area (Å²) in [7, 11) is 0. The molecule has 164 valence electrons. The molecule has 0 aromatic carbocycles. The summed E-state index contributed by atoms with van der Waals surface area (Å²) in [5.41, 5.74) is 6.08. The monoisotopic (exact) mass is 425 g/mol. The smallest absolute Gasteiger partial charge is 0.289 e. The molecule has 9 nitrogen and oxygen atoms in total. The van der Waals surface area contributed by atoms with Gasteiger partial charge in [-0.15, -0.1) is 0 Å². The molecule has 0 aliphatic carbocycles. The fourth-order valence-electron chi connectivity index (χ4n) is 4.21. The van der Waals surface area contributed by atoms with Crippen LogP contribution in [0.5, 0.6) is 0 Å². The van der Waals surface area contributed by atoms with Gasteiger partial charge in [0.15, 0.2) is 5.76 Å². The van der Waals surface area contributed by atoms with Crippen LogP contribution in [-0.4, -0.2) is 53.8 Å². The molecule has 31 heavy (non-hydrogen) atoms. The Morgan fingerprint density at radius 1 is 1.06 bits per heavy atom. The van der Waals surface area contributed by atoms with E-state index in [0.717, 1.165) is 25.2 Å². The van der Waals surface area contributed by atoms with E-state index in [9.17, 15) is 14.4 Å². The number of nitrogens with zero attached hydrogens (tertiary/aromatic N) is 3. The summed E-state index contributed by atoms with van der Waals surface area (Å²) < 4.78 is 5.17. The van der Waals surface area contributed by atoms with Crippen molar-refractivity contribution in [2.45, 2.75) is 25.7 Å². The second-order valence-electron chi connectivity index (χ2n) is 8.13. The summed E-state index contributed by atoms with van der Waals surface area (Å²) in [6.07, 6.45) is 6.03. The van der Waals surface area contributed by atoms with Gasteiger partial charge in [0.05, 0.1) is 24.1 Å². The Balaban J connectivity index is 1.28. The van der Waals surface area contributed by atoms with Crippen molar-refractivity contribution in [2.75, 3.05) is 36.4 Å². The summed E-state index contributed by atoms with van der Waals surface area (Å²) in [5, 5.41) is 2.92. The molecule has 2 aliphatic rings. The van der Waals surface area contributed by atoms with E-state index in [4.69, 9.17) is 10.2 Å². The third-order valence-corrected chi connectivity index (χ3v) is 6.05. The van der Waals surface area contributed by atoms with E-state index < -0.39 is 0 Å². The molecule has 2 aromatic heterocycles. The van der Waals surface area contributed by atoms with Gasteiger partial charge in [-0.05, 0) is 49.9 Å². The van der Waals surface area contributed by atoms with Crippen LogP contribution in [0.3, 0.4) is 0 Å². The lowest BCUT2D eigenvalue weighted by Gasteiger charge is -2.32. The maximum Gasteiger partial charge on any atom is 0.289 e. The first-order chi connectivity index (χ1) is 15.0. The predicted molar refractivity (Wildman–Crippen MR) is 114 cm³/mol. The minimum atomic E-state index is -0.273. The molecule has 4 heterocycles. The first kappa shape index (κ1) is 20.9. The summed E-state index contributed by atoms with van der Waals surface area (Å²) in [6, 6.07) is 7.01. The molecule has 4 rings (SSSR count). The average molecular weight is 425 g/mol. The molecule has 3 amide bonds. The molecule has 2 aromatic rings. The van der Waals surface area contributed by atoms with Crippen molar-refractivity contribution in [1.82, 2.24) is 9.88 Å². The lowest BCUT2D eigenvalue weighted by Crippen LogP contribution is -2.41. The summed E-state index contributed by atoms with van der Waals surface area (Å²) >= 11 is 0. The number of amides is 3. The molecule has 0 bridgehead atoms. The molecule has 0 radical (unpaired) electrons. The van der Waals surface area contributed by atoms with Crippen LogP contribution in [0.1, 0.15) is 36.2 Å². The fraction of sp³-hybridized carbons (Fsp3) is 0.455. The van der Waals surface area contributed by atoms with Gasteiger partial charge in [0.2, 0.25) is 11.8 Å². The number of carbonyl (C=O) groups is 3. The Hall–Kier alpha value is -3.36. The number of pyridine rings is 1. The number of primary amides is 1. The second kappa shape index (κ2) is 9.20. The highest BCUT2D eigenvalue weighted by Crippen LogP contribution is 2.24. The summed E-state index contributed by atoms with van der Waals surface area (Å²) in [6.45, 7) is 2.44. The summed E-state index contributed by atoms with van der Waals surface area (Å²) in [5.74, 6) is 0.315. The highest BCUT2D eigenvalue weighted by molar-refractivity contribution is 5.94. The van der Waals surface area contributed by atoms with E-state index in [-0.39, 0.29) is 29.6 Å². The second-order valence-corrected chi connectivity index (χ2v) is 8.13. The average Bonchev–Trinajstić information content (AvgIpc) is 3.34. The van der Waals surface area contributed by atoms with Crippen molar-refractivity contribution in [3.63, 3.8) is 0 Å². The maximum atomic E-state index is 12.7. The third-order valence-electron chi connectivity index (χ3n) is 6.05. The topological polar surface area (TPSA) is 122 Å². The first-order valence-corrected chi connectivity index (χ1v) is 10.6. The number of piperidine rings is 2. The lowest BCUT2D eigenvalue weighted by atomic mass is 9.95. The molecule has 9 heteroatoms. The number of carbonyl (C=O) groups excluding carboxylic acids is 3. The van der Waals surface area contributed by atoms with Gasteiger partial charge in [-0.2, -0.15) is 0 Å². The number of furan rings is 1. The minimum absolute atomic E-state index is 0.0635. The van der Waals surface area contributed by atoms with Crippen LogP contribution in [-0.2, 0) is 9.59 Å². The van der Waals surface area contributed by atoms with Crippen LogP contribution in [0.4, 0.5) is 11.5 Å². The van der Waals surface area contributed by atoms with Gasteiger partial charge in [0.25, 0.3) is 5.91 Å². The highest BCUT2D eigenvalue weighted by Gasteiger charge is 2.29. The zero-order valence-corrected chi connectivity index (χ0v) is 17.3. The number of likely N-dealkylation sites (tertiary alicyclic amines) is 1. The Bertz CT molecular complexity index is 920. The van der Waals surface area contributed by atoms with Gasteiger partial charge in [-0.1, -0.05) is 0 Å². The van der Waals surface area contributed by atoms with E-state index in [2.05, 4.69) is 15.2 Å². The van der Waals surface area contributed by atoms with Crippen LogP contribution < -0.4 is 16.0 Å². The molecule has 2 fully saturated rings. The number of rotatable bonds is 5. The van der Waals surface area contributed by atoms with Crippen LogP contribution in [0, 0.1) is 11.8 Å². The standard InChI is InChI=1S/C22H27N5O4/c23-20(28)16-3-1-9-27(14-16)19-6-5-17(13-24-19)25-21(29)15-7-10-26(11-8-15)22(30)18-4-2-12-31-18/h2,4-6,12-13,15-16H,1,3,7-11,14H2,(H2,23,28)(H,25,29). The Kier molecular flexibility index (Phi) is 6.20. The predicted octanol–water partition coefficient (Wildman–Crippen LogP) is 1.87. The van der Waals surface area contributed by atoms with Crippen molar-refractivity contribution < 1.29 is 18.8 Å². The SMILES string of the molecule is NC(=O)C1CCCN(c2ccc(NC(=O)C3CCN(C(=O)c4ccco4)CC3)cn2)C1. The van der Waals surface area contributed by atoms with Gasteiger partial charge in [-0.3, -0.25) is 14.4 Å². The largest absolute Gasteiger partial charge is 0.459 e. The number of aromatic nitrogens is 1. The highest BCUT2D eigenvalue weighted by atomic mass is 16.3. The van der Waals surface area contributed by atoms with E-state index in [0.29, 0.717) is 43.9 Å². The fourth-order valence-corrected chi connectivity index (χ4v) is 4.21. The Morgan fingerprint density at radius 2 is 1.87 bits per heavy atom. The molecule has 2 saturated heterocycles. The zero-order chi connectivity index (χ0) is 21.8. The van der Waals surface area contributed by atoms with Crippen molar-refractivity contribution >= 4 is 29.2 Å². The van der Waals surface area contributed by atoms with Gasteiger partial charge >= 0.3 is 0 Å². The molecule has 1 unspecified atom stereocenters. The van der Waals surface area contributed by atoms with Crippen LogP contribution >= 0.6 is 0 Å². The van der Waals surface area contributed by atoms with Gasteiger partial charge in [0.1, 0.15) is 5.82 Å². The van der Waals surface area contributed by atoms with Gasteiger partial charge in [-0.25, -0.2) is 4.98 Å². The van der Waals surface area contributed by atoms with E-state index in [1.807, 2.05) is 12.1 Å². The van der Waals surface area contributed by atoms with Crippen molar-refractivity contribution in [1.29, 1.82) is 0 Å². The molecular weight excluding hydrogens is 398 g/mol. The number of hydrogen-bond donors (Lipinski definition) is 2. The Morgan fingerprint density at radius 3 is 2.52 bits per heavy atom. The number of nitrogens with two attached hydrogens (primary N) is 1. The molecule has 3 N–H and O–H groups in total. The number of anilines is 2. The Labute approximate surface area is 180 Å². The van der Waals surface area contributed by atoms with Crippen molar-refractivity contribution in [3.05, 3.63) is 42.5 Å². The number of nitrogens with one attached hydrogen (secondary N) is 1. The quantitative estimate of drug-likeness (QED) is 0.754. The molecule has 2 aliphatic heterocycles. The van der Waals surface area contributed by atoms with Gasteiger partial charge in [0, 0.05) is 32.1 Å². The zero-order valence-electron chi connectivity index (χ0n) is 17.3.